The van der Waals surface area contributed by atoms with Crippen LogP contribution in [0.4, 0.5) is 0 Å². The Morgan fingerprint density at radius 2 is 0.780 bits per heavy atom. The molecule has 0 unspecified atom stereocenters. The fourth-order valence-electron chi connectivity index (χ4n) is 6.59. The van der Waals surface area contributed by atoms with Crippen molar-refractivity contribution in [2.24, 2.45) is 0 Å². The van der Waals surface area contributed by atoms with Crippen LogP contribution in [0.25, 0.3) is 88.8 Å². The monoisotopic (exact) mass is 641 g/mol. The van der Waals surface area contributed by atoms with E-state index >= 15 is 0 Å². The zero-order chi connectivity index (χ0) is 33.3. The van der Waals surface area contributed by atoms with Crippen molar-refractivity contribution in [2.75, 3.05) is 0 Å². The standard InChI is InChI=1S/C43H27N7/c1-3-11-36(42-38-20-28(30-7-5-17-44-22-30)13-15-40(38)47-26-49-42)34(9-1)32-19-33(25-46-24-32)35-10-2-4-12-37(35)43-39-21-29(31-8-6-18-45-23-31)14-16-41(39)48-27-50-43/h1-27H. The molecule has 9 rings (SSSR count). The zero-order valence-corrected chi connectivity index (χ0v) is 26.7. The molecule has 0 N–H and O–H groups in total. The molecule has 0 spiro atoms. The molecular weight excluding hydrogens is 615 g/mol. The van der Waals surface area contributed by atoms with Crippen molar-refractivity contribution in [1.29, 1.82) is 0 Å². The molecule has 0 saturated carbocycles. The lowest BCUT2D eigenvalue weighted by molar-refractivity contribution is 1.22. The van der Waals surface area contributed by atoms with Gasteiger partial charge in [-0.2, -0.15) is 0 Å². The van der Waals surface area contributed by atoms with Crippen molar-refractivity contribution in [1.82, 2.24) is 34.9 Å². The van der Waals surface area contributed by atoms with Gasteiger partial charge in [-0.3, -0.25) is 15.0 Å². The van der Waals surface area contributed by atoms with E-state index in [9.17, 15) is 0 Å². The highest BCUT2D eigenvalue weighted by atomic mass is 14.8. The minimum absolute atomic E-state index is 0.860. The summed E-state index contributed by atoms with van der Waals surface area (Å²) in [5.41, 5.74) is 13.7. The maximum atomic E-state index is 4.83. The summed E-state index contributed by atoms with van der Waals surface area (Å²) >= 11 is 0. The summed E-state index contributed by atoms with van der Waals surface area (Å²) in [5.74, 6) is 0. The highest BCUT2D eigenvalue weighted by Gasteiger charge is 2.17. The van der Waals surface area contributed by atoms with Crippen LogP contribution in [0.15, 0.2) is 165 Å². The van der Waals surface area contributed by atoms with E-state index in [1.807, 2.05) is 61.2 Å². The third-order valence-corrected chi connectivity index (χ3v) is 8.99. The Morgan fingerprint density at radius 3 is 1.24 bits per heavy atom. The van der Waals surface area contributed by atoms with E-state index < -0.39 is 0 Å². The van der Waals surface area contributed by atoms with Crippen molar-refractivity contribution in [2.45, 2.75) is 0 Å². The van der Waals surface area contributed by atoms with Gasteiger partial charge in [-0.25, -0.2) is 19.9 Å². The summed E-state index contributed by atoms with van der Waals surface area (Å²) in [6.07, 6.45) is 14.4. The number of hydrogen-bond acceptors (Lipinski definition) is 7. The molecule has 0 radical (unpaired) electrons. The maximum Gasteiger partial charge on any atom is 0.116 e. The molecule has 7 heteroatoms. The molecule has 9 aromatic rings. The van der Waals surface area contributed by atoms with E-state index in [4.69, 9.17) is 15.0 Å². The van der Waals surface area contributed by atoms with Gasteiger partial charge in [0.15, 0.2) is 0 Å². The number of aromatic nitrogens is 7. The SMILES string of the molecule is c1cncc(-c2ccc3ncnc(-c4ccccc4-c4cncc(-c5ccccc5-c5ncnc6ccc(-c7cccnc7)cc56)c4)c3c2)c1. The number of fused-ring (bicyclic) bond motifs is 2. The Balaban J connectivity index is 1.16. The minimum atomic E-state index is 0.860. The smallest absolute Gasteiger partial charge is 0.116 e. The summed E-state index contributed by atoms with van der Waals surface area (Å²) in [6, 6.07) is 39.4. The van der Waals surface area contributed by atoms with E-state index in [1.54, 1.807) is 25.0 Å². The van der Waals surface area contributed by atoms with Crippen molar-refractivity contribution >= 4 is 21.8 Å². The second kappa shape index (κ2) is 12.6. The van der Waals surface area contributed by atoms with Crippen molar-refractivity contribution in [3.05, 3.63) is 165 Å². The lowest BCUT2D eigenvalue weighted by Crippen LogP contribution is -1.94. The van der Waals surface area contributed by atoms with Crippen LogP contribution < -0.4 is 0 Å². The van der Waals surface area contributed by atoms with Gasteiger partial charge in [0.25, 0.3) is 0 Å². The molecule has 0 fully saturated rings. The average Bonchev–Trinajstić information content (AvgIpc) is 3.21. The molecular formula is C43H27N7. The van der Waals surface area contributed by atoms with Crippen LogP contribution in [-0.2, 0) is 0 Å². The minimum Gasteiger partial charge on any atom is -0.264 e. The van der Waals surface area contributed by atoms with Crippen molar-refractivity contribution < 1.29 is 0 Å². The maximum absolute atomic E-state index is 4.83. The number of hydrogen-bond donors (Lipinski definition) is 0. The second-order valence-corrected chi connectivity index (χ2v) is 11.9. The van der Waals surface area contributed by atoms with Crippen LogP contribution in [0, 0.1) is 0 Å². The Bertz CT molecular complexity index is 2480. The summed E-state index contributed by atoms with van der Waals surface area (Å²) < 4.78 is 0. The first-order valence-corrected chi connectivity index (χ1v) is 16.2. The zero-order valence-electron chi connectivity index (χ0n) is 26.7. The van der Waals surface area contributed by atoms with E-state index in [2.05, 4.69) is 98.8 Å². The van der Waals surface area contributed by atoms with Crippen LogP contribution in [0.3, 0.4) is 0 Å². The summed E-state index contributed by atoms with van der Waals surface area (Å²) in [5, 5.41) is 1.94. The summed E-state index contributed by atoms with van der Waals surface area (Å²) in [6.45, 7) is 0. The van der Waals surface area contributed by atoms with Crippen molar-refractivity contribution in [3.8, 4) is 67.0 Å². The van der Waals surface area contributed by atoms with Gasteiger partial charge in [0.05, 0.1) is 22.4 Å². The van der Waals surface area contributed by atoms with E-state index in [0.717, 1.165) is 88.8 Å². The predicted octanol–water partition coefficient (Wildman–Crippen LogP) is 9.76. The molecule has 0 saturated heterocycles. The second-order valence-electron chi connectivity index (χ2n) is 11.9. The molecule has 0 atom stereocenters. The van der Waals surface area contributed by atoms with Gasteiger partial charge in [-0.05, 0) is 64.7 Å². The van der Waals surface area contributed by atoms with Gasteiger partial charge in [0.2, 0.25) is 0 Å². The van der Waals surface area contributed by atoms with Gasteiger partial charge in [0.1, 0.15) is 12.7 Å². The fraction of sp³-hybridized carbons (Fsp3) is 0. The Morgan fingerprint density at radius 1 is 0.320 bits per heavy atom. The van der Waals surface area contributed by atoms with Gasteiger partial charge in [-0.1, -0.05) is 72.8 Å². The number of rotatable bonds is 6. The highest BCUT2D eigenvalue weighted by Crippen LogP contribution is 2.39. The first-order chi connectivity index (χ1) is 24.8. The van der Waals surface area contributed by atoms with Crippen LogP contribution in [0.1, 0.15) is 0 Å². The molecule has 50 heavy (non-hydrogen) atoms. The molecule has 4 aromatic carbocycles. The number of nitrogens with zero attached hydrogens (tertiary/aromatic N) is 7. The molecule has 5 heterocycles. The molecule has 0 bridgehead atoms. The molecule has 0 aliphatic heterocycles. The van der Waals surface area contributed by atoms with Gasteiger partial charge < -0.3 is 0 Å². The Kier molecular flexibility index (Phi) is 7.33. The molecule has 234 valence electrons. The third kappa shape index (κ3) is 5.33. The highest BCUT2D eigenvalue weighted by molar-refractivity contribution is 6.01. The van der Waals surface area contributed by atoms with Crippen molar-refractivity contribution in [3.63, 3.8) is 0 Å². The van der Waals surface area contributed by atoms with Gasteiger partial charge >= 0.3 is 0 Å². The van der Waals surface area contributed by atoms with E-state index in [0.29, 0.717) is 0 Å². The van der Waals surface area contributed by atoms with Gasteiger partial charge in [-0.15, -0.1) is 0 Å². The fourth-order valence-corrected chi connectivity index (χ4v) is 6.59. The number of pyridine rings is 3. The molecule has 0 amide bonds. The largest absolute Gasteiger partial charge is 0.264 e. The normalized spacial score (nSPS) is 11.2. The lowest BCUT2D eigenvalue weighted by atomic mass is 9.92. The molecule has 0 aliphatic rings. The van der Waals surface area contributed by atoms with E-state index in [-0.39, 0.29) is 0 Å². The third-order valence-electron chi connectivity index (χ3n) is 8.99. The summed E-state index contributed by atoms with van der Waals surface area (Å²) in [4.78, 5) is 32.2. The van der Waals surface area contributed by atoms with Crippen LogP contribution >= 0.6 is 0 Å². The molecule has 7 nitrogen and oxygen atoms in total. The lowest BCUT2D eigenvalue weighted by Gasteiger charge is -2.15. The number of benzene rings is 4. The quantitative estimate of drug-likeness (QED) is 0.179. The Hall–Kier alpha value is -6.99. The molecule has 5 aromatic heterocycles. The summed E-state index contributed by atoms with van der Waals surface area (Å²) in [7, 11) is 0. The topological polar surface area (TPSA) is 90.2 Å². The van der Waals surface area contributed by atoms with E-state index in [1.165, 1.54) is 0 Å². The predicted molar refractivity (Wildman–Crippen MR) is 199 cm³/mol. The van der Waals surface area contributed by atoms with Crippen LogP contribution in [-0.4, -0.2) is 34.9 Å². The van der Waals surface area contributed by atoms with Gasteiger partial charge in [0, 0.05) is 81.3 Å². The van der Waals surface area contributed by atoms with Crippen LogP contribution in [0.2, 0.25) is 0 Å². The first kappa shape index (κ1) is 29.2. The molecule has 0 aliphatic carbocycles. The van der Waals surface area contributed by atoms with Crippen LogP contribution in [0.5, 0.6) is 0 Å². The first-order valence-electron chi connectivity index (χ1n) is 16.2. The average molecular weight is 642 g/mol. The Labute approximate surface area is 288 Å².